The molecule has 0 aliphatic rings. The van der Waals surface area contributed by atoms with Crippen LogP contribution in [0.3, 0.4) is 0 Å². The van der Waals surface area contributed by atoms with Crippen LogP contribution in [-0.4, -0.2) is 30.2 Å². The third-order valence-electron chi connectivity index (χ3n) is 8.32. The first-order valence-corrected chi connectivity index (χ1v) is 17.5. The Morgan fingerprint density at radius 3 is 0.776 bits per heavy atom. The van der Waals surface area contributed by atoms with Gasteiger partial charge in [-0.2, -0.15) is 0 Å². The molecule has 0 fully saturated rings. The van der Waals surface area contributed by atoms with Crippen LogP contribution in [0.5, 0.6) is 0 Å². The minimum absolute atomic E-state index is 0.180. The monoisotopic (exact) mass is 892 g/mol. The fraction of sp³-hybridized carbons (Fsp3) is 0.0882. The summed E-state index contributed by atoms with van der Waals surface area (Å²) in [4.78, 5) is 12.4. The summed E-state index contributed by atoms with van der Waals surface area (Å²) in [7, 11) is 0.180. The Bertz CT molecular complexity index is 2110. The van der Waals surface area contributed by atoms with Crippen LogP contribution in [0.4, 0.5) is 87.8 Å². The molecule has 0 amide bonds. The Morgan fingerprint density at radius 1 is 0.397 bits per heavy atom. The van der Waals surface area contributed by atoms with E-state index in [1.807, 2.05) is 24.3 Å². The van der Waals surface area contributed by atoms with Crippen LogP contribution >= 0.6 is 12.6 Å². The smallest absolute Gasteiger partial charge is 0.211 e. The van der Waals surface area contributed by atoms with Crippen LogP contribution < -0.4 is 21.9 Å². The van der Waals surface area contributed by atoms with E-state index in [0.29, 0.717) is 5.75 Å². The molecule has 0 atom stereocenters. The van der Waals surface area contributed by atoms with Gasteiger partial charge in [-0.15, -0.1) is 34.5 Å². The average Bonchev–Trinajstić information content (AvgIpc) is 3.18. The van der Waals surface area contributed by atoms with Crippen molar-refractivity contribution in [2.75, 3.05) is 18.3 Å². The second-order valence-electron chi connectivity index (χ2n) is 11.9. The second-order valence-corrected chi connectivity index (χ2v) is 14.7. The lowest BCUT2D eigenvalue weighted by atomic mass is 9.12. The average molecular weight is 892 g/mol. The van der Waals surface area contributed by atoms with Gasteiger partial charge in [-0.3, -0.25) is 4.79 Å². The van der Waals surface area contributed by atoms with E-state index in [-0.39, 0.29) is 16.7 Å². The summed E-state index contributed by atoms with van der Waals surface area (Å²) in [5, 5.41) is 0. The minimum Gasteiger partial charge on any atom is -0.289 e. The van der Waals surface area contributed by atoms with E-state index in [1.165, 1.54) is 0 Å². The molecule has 0 unspecified atom stereocenters. The van der Waals surface area contributed by atoms with Gasteiger partial charge in [0.05, 0.1) is 12.5 Å². The fourth-order valence-electron chi connectivity index (χ4n) is 5.87. The molecular formula is C34H13BF20OS2. The van der Waals surface area contributed by atoms with Gasteiger partial charge >= 0.3 is 0 Å². The molecule has 0 radical (unpaired) electrons. The molecule has 310 valence electrons. The van der Waals surface area contributed by atoms with Gasteiger partial charge in [-0.1, -0.05) is 12.1 Å². The van der Waals surface area contributed by atoms with E-state index < -0.39 is 144 Å². The van der Waals surface area contributed by atoms with E-state index in [2.05, 4.69) is 25.1 Å². The molecule has 0 aromatic heterocycles. The zero-order chi connectivity index (χ0) is 44.2. The predicted octanol–water partition coefficient (Wildman–Crippen LogP) is 7.88. The van der Waals surface area contributed by atoms with Gasteiger partial charge in [0.15, 0.2) is 75.6 Å². The van der Waals surface area contributed by atoms with Crippen LogP contribution in [0.1, 0.15) is 10.4 Å². The lowest BCUT2D eigenvalue weighted by Crippen LogP contribution is -2.81. The third-order valence-corrected chi connectivity index (χ3v) is 9.45. The fourth-order valence-corrected chi connectivity index (χ4v) is 6.71. The number of hydrogen-bond donors (Lipinski definition) is 1. The second kappa shape index (κ2) is 16.8. The van der Waals surface area contributed by atoms with Crippen LogP contribution in [0, 0.1) is 116 Å². The van der Waals surface area contributed by atoms with Crippen molar-refractivity contribution in [3.8, 4) is 0 Å². The highest BCUT2D eigenvalue weighted by molar-refractivity contribution is 7.96. The summed E-state index contributed by atoms with van der Waals surface area (Å²) in [6.07, 6.45) is -3.07. The molecule has 58 heavy (non-hydrogen) atoms. The highest BCUT2D eigenvalue weighted by Crippen LogP contribution is 2.30. The summed E-state index contributed by atoms with van der Waals surface area (Å²) in [5.41, 5.74) is -13.5. The zero-order valence-electron chi connectivity index (χ0n) is 27.9. The first kappa shape index (κ1) is 45.8. The molecule has 0 heterocycles. The topological polar surface area (TPSA) is 17.1 Å². The van der Waals surface area contributed by atoms with Gasteiger partial charge in [0.1, 0.15) is 52.7 Å². The summed E-state index contributed by atoms with van der Waals surface area (Å²) >= 11 is 4.16. The normalized spacial score (nSPS) is 11.7. The van der Waals surface area contributed by atoms with Crippen molar-refractivity contribution in [1.29, 1.82) is 0 Å². The van der Waals surface area contributed by atoms with Gasteiger partial charge in [0.2, 0.25) is 5.78 Å². The number of carbonyl (C=O) groups is 1. The first-order valence-electron chi connectivity index (χ1n) is 14.9. The lowest BCUT2D eigenvalue weighted by Gasteiger charge is -2.44. The highest BCUT2D eigenvalue weighted by Gasteiger charge is 2.52. The molecule has 0 bridgehead atoms. The summed E-state index contributed by atoms with van der Waals surface area (Å²) in [6.45, 7) is 0. The zero-order valence-corrected chi connectivity index (χ0v) is 29.6. The van der Waals surface area contributed by atoms with Gasteiger partial charge in [-0.05, 0) is 23.0 Å². The lowest BCUT2D eigenvalue weighted by molar-refractivity contribution is 0.102. The maximum absolute atomic E-state index is 15.4. The Labute approximate surface area is 319 Å². The molecular weight excluding hydrogens is 879 g/mol. The molecule has 0 saturated heterocycles. The molecule has 0 N–H and O–H groups in total. The number of hydrogen-bond acceptors (Lipinski definition) is 2. The maximum atomic E-state index is 15.4. The molecule has 24 heteroatoms. The Morgan fingerprint density at radius 2 is 0.586 bits per heavy atom. The van der Waals surface area contributed by atoms with Crippen molar-refractivity contribution in [2.45, 2.75) is 4.90 Å². The van der Waals surface area contributed by atoms with Crippen molar-refractivity contribution in [2.24, 2.45) is 0 Å². The summed E-state index contributed by atoms with van der Waals surface area (Å²) in [5.74, 6) is -70.5. The van der Waals surface area contributed by atoms with Crippen LogP contribution in [0.15, 0.2) is 29.2 Å². The third kappa shape index (κ3) is 7.25. The van der Waals surface area contributed by atoms with Crippen molar-refractivity contribution in [1.82, 2.24) is 0 Å². The molecule has 0 spiro atoms. The highest BCUT2D eigenvalue weighted by atomic mass is 32.2. The van der Waals surface area contributed by atoms with Crippen LogP contribution in [-0.2, 0) is 10.9 Å². The molecule has 0 saturated carbocycles. The largest absolute Gasteiger partial charge is 0.289 e. The van der Waals surface area contributed by atoms with E-state index in [0.717, 1.165) is 10.5 Å². The quantitative estimate of drug-likeness (QED) is 0.0335. The summed E-state index contributed by atoms with van der Waals surface area (Å²) < 4.78 is 294. The Kier molecular flexibility index (Phi) is 13.3. The predicted molar refractivity (Wildman–Crippen MR) is 171 cm³/mol. The van der Waals surface area contributed by atoms with Crippen molar-refractivity contribution in [3.05, 3.63) is 146 Å². The number of carbonyl (C=O) groups excluding carboxylic acids is 1. The molecule has 0 aliphatic carbocycles. The molecule has 1 nitrogen and oxygen atoms in total. The van der Waals surface area contributed by atoms with Crippen molar-refractivity contribution in [3.63, 3.8) is 0 Å². The van der Waals surface area contributed by atoms with E-state index in [4.69, 9.17) is 0 Å². The van der Waals surface area contributed by atoms with Crippen molar-refractivity contribution >= 4 is 57.3 Å². The number of ketones is 1. The number of benzene rings is 5. The Balaban J connectivity index is 0.000000486. The molecule has 5 aromatic carbocycles. The molecule has 0 aliphatic heterocycles. The van der Waals surface area contributed by atoms with Gasteiger partial charge in [0.25, 0.3) is 0 Å². The SMILES string of the molecule is C[S+](C)CC(=O)c1ccc(S)cc1.Fc1c(F)c(F)c([B-](c2c(F)c(F)c(F)c(F)c2F)(c2c(F)c(F)c(F)c(F)c2F)c2c(F)c(F)c(F)c(F)c2F)c(F)c1F. The van der Waals surface area contributed by atoms with Crippen LogP contribution in [0.25, 0.3) is 0 Å². The number of halogens is 20. The van der Waals surface area contributed by atoms with E-state index in [9.17, 15) is 57.5 Å². The van der Waals surface area contributed by atoms with Gasteiger partial charge in [-0.25, -0.2) is 87.8 Å². The number of Topliss-reactive ketones (excluding diaryl/α,β-unsaturated/α-hetero) is 1. The molecule has 5 rings (SSSR count). The Hall–Kier alpha value is -4.87. The van der Waals surface area contributed by atoms with E-state index >= 15 is 35.1 Å². The number of thiol groups is 1. The molecule has 5 aromatic rings. The first-order chi connectivity index (χ1) is 26.8. The minimum atomic E-state index is -7.22. The summed E-state index contributed by atoms with van der Waals surface area (Å²) in [6, 6.07) is 7.36. The van der Waals surface area contributed by atoms with E-state index in [1.54, 1.807) is 0 Å². The van der Waals surface area contributed by atoms with Crippen molar-refractivity contribution < 1.29 is 92.6 Å². The van der Waals surface area contributed by atoms with Gasteiger partial charge < -0.3 is 0 Å². The van der Waals surface area contributed by atoms with Gasteiger partial charge in [0, 0.05) is 10.5 Å². The maximum Gasteiger partial charge on any atom is 0.211 e. The number of rotatable bonds is 7. The standard InChI is InChI=1S/C24BF20.C10H12OS2/c26-5-1(6(27)14(35)21(42)13(5)34)25(2-7(28)15(36)22(43)16(37)8(2)29,3-9(30)17(38)23(44)18(39)10(3)31)4-11(32)19(40)24(45)20(41)12(4)33;1-13(2)7-10(11)8-3-5-9(12)6-4-8/h;3-6H,7H2,1-2H3/q-1;/p+1. The van der Waals surface area contributed by atoms with Crippen LogP contribution in [0.2, 0.25) is 0 Å².